The average molecular weight is 354 g/mol. The summed E-state index contributed by atoms with van der Waals surface area (Å²) in [5.41, 5.74) is 3.45. The number of imidazole rings is 1. The molecule has 3 aromatic rings. The molecule has 0 spiro atoms. The van der Waals surface area contributed by atoms with Gasteiger partial charge in [0.15, 0.2) is 0 Å². The van der Waals surface area contributed by atoms with E-state index >= 15 is 0 Å². The van der Waals surface area contributed by atoms with Crippen molar-refractivity contribution in [2.45, 2.75) is 26.1 Å². The van der Waals surface area contributed by atoms with Crippen LogP contribution >= 0.6 is 0 Å². The van der Waals surface area contributed by atoms with Crippen molar-refractivity contribution in [2.75, 3.05) is 19.7 Å². The molecule has 0 unspecified atom stereocenters. The van der Waals surface area contributed by atoms with Crippen LogP contribution in [0.2, 0.25) is 0 Å². The molecule has 0 saturated carbocycles. The number of aryl methyl sites for hydroxylation is 1. The van der Waals surface area contributed by atoms with E-state index in [2.05, 4.69) is 25.3 Å². The predicted octanol–water partition coefficient (Wildman–Crippen LogP) is 0.887. The quantitative estimate of drug-likeness (QED) is 0.632. The molecule has 0 saturated heterocycles. The van der Waals surface area contributed by atoms with Gasteiger partial charge in [-0.1, -0.05) is 12.1 Å². The molecule has 0 aliphatic carbocycles. The Balaban J connectivity index is 1.48. The first kappa shape index (κ1) is 16.7. The molecule has 0 radical (unpaired) electrons. The van der Waals surface area contributed by atoms with Crippen molar-refractivity contribution in [1.29, 1.82) is 0 Å². The van der Waals surface area contributed by atoms with Crippen LogP contribution < -0.4 is 5.32 Å². The zero-order valence-electron chi connectivity index (χ0n) is 14.5. The maximum atomic E-state index is 12.1. The molecule has 1 amide bonds. The Labute approximate surface area is 150 Å². The summed E-state index contributed by atoms with van der Waals surface area (Å²) in [5.74, 6) is 0.698. The van der Waals surface area contributed by atoms with Crippen molar-refractivity contribution in [1.82, 2.24) is 30.0 Å². The standard InChI is InChI=1S/C18H22N6O2/c25-9-6-19-18(26)16-10-13-11-23(7-3-8-24(13)22-16)12-17-20-14-4-1-2-5-15(14)21-17/h1-2,4-5,10,25H,3,6-9,11-12H2,(H,19,26)(H,20,21). The number of fused-ring (bicyclic) bond motifs is 2. The monoisotopic (exact) mass is 354 g/mol. The third-order valence-corrected chi connectivity index (χ3v) is 4.53. The third-order valence-electron chi connectivity index (χ3n) is 4.53. The van der Waals surface area contributed by atoms with Gasteiger partial charge in [0, 0.05) is 26.2 Å². The molecule has 0 fully saturated rings. The molecular weight excluding hydrogens is 332 g/mol. The Kier molecular flexibility index (Phi) is 4.68. The van der Waals surface area contributed by atoms with Crippen molar-refractivity contribution < 1.29 is 9.90 Å². The van der Waals surface area contributed by atoms with Gasteiger partial charge >= 0.3 is 0 Å². The molecule has 8 heteroatoms. The van der Waals surface area contributed by atoms with Crippen molar-refractivity contribution in [3.63, 3.8) is 0 Å². The van der Waals surface area contributed by atoms with Gasteiger partial charge < -0.3 is 15.4 Å². The number of benzene rings is 1. The normalized spacial score (nSPS) is 15.0. The lowest BCUT2D eigenvalue weighted by molar-refractivity contribution is 0.0939. The number of aromatic nitrogens is 4. The van der Waals surface area contributed by atoms with Crippen LogP contribution in [0.1, 0.15) is 28.4 Å². The third kappa shape index (κ3) is 3.47. The molecule has 0 bridgehead atoms. The van der Waals surface area contributed by atoms with Gasteiger partial charge in [0.2, 0.25) is 0 Å². The molecule has 2 aromatic heterocycles. The lowest BCUT2D eigenvalue weighted by Gasteiger charge is -2.17. The number of aromatic amines is 1. The maximum Gasteiger partial charge on any atom is 0.271 e. The Morgan fingerprint density at radius 2 is 2.19 bits per heavy atom. The summed E-state index contributed by atoms with van der Waals surface area (Å²) >= 11 is 0. The molecule has 3 N–H and O–H groups in total. The fourth-order valence-corrected chi connectivity index (χ4v) is 3.33. The minimum absolute atomic E-state index is 0.0788. The summed E-state index contributed by atoms with van der Waals surface area (Å²) in [6, 6.07) is 9.85. The number of hydrogen-bond donors (Lipinski definition) is 3. The van der Waals surface area contributed by atoms with Gasteiger partial charge in [-0.15, -0.1) is 0 Å². The number of carbonyl (C=O) groups excluding carboxylic acids is 1. The lowest BCUT2D eigenvalue weighted by Crippen LogP contribution is -2.27. The first-order valence-electron chi connectivity index (χ1n) is 8.85. The number of carbonyl (C=O) groups is 1. The molecule has 1 aromatic carbocycles. The zero-order chi connectivity index (χ0) is 17.9. The summed E-state index contributed by atoms with van der Waals surface area (Å²) in [4.78, 5) is 22.4. The smallest absolute Gasteiger partial charge is 0.271 e. The van der Waals surface area contributed by atoms with Gasteiger partial charge in [-0.05, 0) is 24.6 Å². The lowest BCUT2D eigenvalue weighted by atomic mass is 10.3. The second-order valence-corrected chi connectivity index (χ2v) is 6.49. The number of hydrogen-bond acceptors (Lipinski definition) is 5. The summed E-state index contributed by atoms with van der Waals surface area (Å²) in [6.45, 7) is 3.35. The number of amides is 1. The number of rotatable bonds is 5. The molecule has 136 valence electrons. The van der Waals surface area contributed by atoms with Crippen LogP contribution in [0, 0.1) is 0 Å². The van der Waals surface area contributed by atoms with Crippen molar-refractivity contribution in [3.05, 3.63) is 47.5 Å². The van der Waals surface area contributed by atoms with Crippen molar-refractivity contribution in [3.8, 4) is 0 Å². The second-order valence-electron chi connectivity index (χ2n) is 6.49. The Morgan fingerprint density at radius 3 is 3.04 bits per heavy atom. The molecule has 3 heterocycles. The number of nitrogens with one attached hydrogen (secondary N) is 2. The minimum Gasteiger partial charge on any atom is -0.395 e. The molecule has 1 aliphatic rings. The van der Waals surface area contributed by atoms with Gasteiger partial charge in [-0.25, -0.2) is 4.98 Å². The second kappa shape index (κ2) is 7.27. The first-order chi connectivity index (χ1) is 12.7. The highest BCUT2D eigenvalue weighted by atomic mass is 16.3. The largest absolute Gasteiger partial charge is 0.395 e. The van der Waals surface area contributed by atoms with Gasteiger partial charge in [0.05, 0.1) is 29.9 Å². The number of para-hydroxylation sites is 2. The van der Waals surface area contributed by atoms with Crippen molar-refractivity contribution >= 4 is 16.9 Å². The predicted molar refractivity (Wildman–Crippen MR) is 96.5 cm³/mol. The Hall–Kier alpha value is -2.71. The highest BCUT2D eigenvalue weighted by molar-refractivity contribution is 5.92. The Morgan fingerprint density at radius 1 is 1.31 bits per heavy atom. The van der Waals surface area contributed by atoms with Crippen LogP contribution in [0.3, 0.4) is 0 Å². The summed E-state index contributed by atoms with van der Waals surface area (Å²) in [5, 5.41) is 15.9. The van der Waals surface area contributed by atoms with E-state index in [1.807, 2.05) is 35.0 Å². The van der Waals surface area contributed by atoms with E-state index in [-0.39, 0.29) is 19.1 Å². The van der Waals surface area contributed by atoms with Crippen LogP contribution in [-0.2, 0) is 19.6 Å². The van der Waals surface area contributed by atoms with E-state index in [0.717, 1.165) is 55.2 Å². The highest BCUT2D eigenvalue weighted by Gasteiger charge is 2.20. The maximum absolute atomic E-state index is 12.1. The van der Waals surface area contributed by atoms with Crippen LogP contribution in [0.5, 0.6) is 0 Å². The topological polar surface area (TPSA) is 99.1 Å². The van der Waals surface area contributed by atoms with E-state index in [9.17, 15) is 4.79 Å². The van der Waals surface area contributed by atoms with E-state index in [1.165, 1.54) is 0 Å². The fourth-order valence-electron chi connectivity index (χ4n) is 3.33. The molecule has 1 aliphatic heterocycles. The van der Waals surface area contributed by atoms with E-state index < -0.39 is 0 Å². The van der Waals surface area contributed by atoms with Gasteiger partial charge in [0.1, 0.15) is 11.5 Å². The summed E-state index contributed by atoms with van der Waals surface area (Å²) in [6.07, 6.45) is 0.965. The highest BCUT2D eigenvalue weighted by Crippen LogP contribution is 2.17. The summed E-state index contributed by atoms with van der Waals surface area (Å²) < 4.78 is 1.91. The number of aliphatic hydroxyl groups excluding tert-OH is 1. The SMILES string of the molecule is O=C(NCCO)c1cc2n(n1)CCCN(Cc1nc3ccccc3[nH]1)C2. The van der Waals surface area contributed by atoms with Crippen LogP contribution in [-0.4, -0.2) is 55.4 Å². The zero-order valence-corrected chi connectivity index (χ0v) is 14.5. The number of H-pyrrole nitrogens is 1. The Bertz CT molecular complexity index is 882. The van der Waals surface area contributed by atoms with Crippen LogP contribution in [0.25, 0.3) is 11.0 Å². The van der Waals surface area contributed by atoms with E-state index in [1.54, 1.807) is 0 Å². The molecule has 4 rings (SSSR count). The van der Waals surface area contributed by atoms with E-state index in [4.69, 9.17) is 5.11 Å². The molecule has 26 heavy (non-hydrogen) atoms. The van der Waals surface area contributed by atoms with Gasteiger partial charge in [0.25, 0.3) is 5.91 Å². The average Bonchev–Trinajstić information content (AvgIpc) is 3.18. The van der Waals surface area contributed by atoms with Gasteiger partial charge in [-0.2, -0.15) is 5.10 Å². The van der Waals surface area contributed by atoms with Gasteiger partial charge in [-0.3, -0.25) is 14.4 Å². The van der Waals surface area contributed by atoms with E-state index in [0.29, 0.717) is 5.69 Å². The number of nitrogens with zero attached hydrogens (tertiary/aromatic N) is 4. The van der Waals surface area contributed by atoms with Crippen LogP contribution in [0.15, 0.2) is 30.3 Å². The molecule has 8 nitrogen and oxygen atoms in total. The molecular formula is C18H22N6O2. The number of aliphatic hydroxyl groups is 1. The van der Waals surface area contributed by atoms with Crippen molar-refractivity contribution in [2.24, 2.45) is 0 Å². The molecule has 0 atom stereocenters. The first-order valence-corrected chi connectivity index (χ1v) is 8.85. The minimum atomic E-state index is -0.247. The fraction of sp³-hybridized carbons (Fsp3) is 0.389. The van der Waals surface area contributed by atoms with Crippen LogP contribution in [0.4, 0.5) is 0 Å². The summed E-state index contributed by atoms with van der Waals surface area (Å²) in [7, 11) is 0.